The Balaban J connectivity index is 1.47. The SMILES string of the molecule is O=C(c1cccn2cnnc12)N1CCN2C(=O)OCC2(Cc2ccccc2)C1. The molecule has 0 N–H and O–H groups in total. The number of hydrogen-bond acceptors (Lipinski definition) is 5. The van der Waals surface area contributed by atoms with Crippen LogP contribution in [-0.4, -0.2) is 68.2 Å². The fourth-order valence-electron chi connectivity index (χ4n) is 4.20. The number of rotatable bonds is 3. The molecule has 8 nitrogen and oxygen atoms in total. The van der Waals surface area contributed by atoms with Gasteiger partial charge in [0.15, 0.2) is 5.65 Å². The molecule has 0 bridgehead atoms. The van der Waals surface area contributed by atoms with Gasteiger partial charge in [-0.15, -0.1) is 10.2 Å². The number of aromatic nitrogens is 3. The number of pyridine rings is 1. The van der Waals surface area contributed by atoms with Gasteiger partial charge in [-0.05, 0) is 17.7 Å². The van der Waals surface area contributed by atoms with Crippen molar-refractivity contribution in [2.45, 2.75) is 12.0 Å². The highest BCUT2D eigenvalue weighted by Crippen LogP contribution is 2.33. The third-order valence-electron chi connectivity index (χ3n) is 5.55. The van der Waals surface area contributed by atoms with Crippen LogP contribution in [0.1, 0.15) is 15.9 Å². The van der Waals surface area contributed by atoms with Crippen LogP contribution in [0.5, 0.6) is 0 Å². The van der Waals surface area contributed by atoms with Crippen molar-refractivity contribution in [2.75, 3.05) is 26.2 Å². The smallest absolute Gasteiger partial charge is 0.410 e. The van der Waals surface area contributed by atoms with E-state index in [0.29, 0.717) is 37.3 Å². The molecule has 5 rings (SSSR count). The van der Waals surface area contributed by atoms with E-state index in [0.717, 1.165) is 5.56 Å². The van der Waals surface area contributed by atoms with E-state index in [1.807, 2.05) is 42.6 Å². The van der Waals surface area contributed by atoms with Crippen LogP contribution in [0, 0.1) is 0 Å². The molecule has 142 valence electrons. The van der Waals surface area contributed by atoms with E-state index in [-0.39, 0.29) is 18.6 Å². The summed E-state index contributed by atoms with van der Waals surface area (Å²) >= 11 is 0. The van der Waals surface area contributed by atoms with Crippen molar-refractivity contribution >= 4 is 17.6 Å². The lowest BCUT2D eigenvalue weighted by atomic mass is 9.88. The van der Waals surface area contributed by atoms with Crippen LogP contribution in [0.4, 0.5) is 4.79 Å². The van der Waals surface area contributed by atoms with Gasteiger partial charge in [0.1, 0.15) is 18.5 Å². The van der Waals surface area contributed by atoms with Gasteiger partial charge in [0.2, 0.25) is 0 Å². The summed E-state index contributed by atoms with van der Waals surface area (Å²) in [5.41, 5.74) is 1.60. The minimum Gasteiger partial charge on any atom is -0.447 e. The normalized spacial score (nSPS) is 21.6. The molecular weight excluding hydrogens is 358 g/mol. The lowest BCUT2D eigenvalue weighted by Crippen LogP contribution is -2.63. The van der Waals surface area contributed by atoms with Crippen molar-refractivity contribution in [2.24, 2.45) is 0 Å². The number of carbonyl (C=O) groups is 2. The van der Waals surface area contributed by atoms with Crippen LogP contribution in [0.25, 0.3) is 5.65 Å². The molecule has 0 spiro atoms. The molecule has 2 aliphatic heterocycles. The van der Waals surface area contributed by atoms with Crippen molar-refractivity contribution in [3.8, 4) is 0 Å². The summed E-state index contributed by atoms with van der Waals surface area (Å²) in [5.74, 6) is -0.106. The third kappa shape index (κ3) is 2.60. The number of nitrogens with zero attached hydrogens (tertiary/aromatic N) is 5. The Morgan fingerprint density at radius 1 is 1.14 bits per heavy atom. The molecule has 0 saturated carbocycles. The summed E-state index contributed by atoms with van der Waals surface area (Å²) in [4.78, 5) is 29.1. The van der Waals surface area contributed by atoms with Crippen LogP contribution in [-0.2, 0) is 11.2 Å². The first-order chi connectivity index (χ1) is 13.7. The Hall–Kier alpha value is -3.42. The van der Waals surface area contributed by atoms with Gasteiger partial charge < -0.3 is 9.64 Å². The second-order valence-corrected chi connectivity index (χ2v) is 7.30. The van der Waals surface area contributed by atoms with E-state index in [1.54, 1.807) is 26.6 Å². The molecule has 1 atom stereocenters. The number of fused-ring (bicyclic) bond motifs is 2. The van der Waals surface area contributed by atoms with E-state index >= 15 is 0 Å². The average Bonchev–Trinajstić information content (AvgIpc) is 3.32. The highest BCUT2D eigenvalue weighted by molar-refractivity contribution is 6.00. The number of piperazine rings is 1. The first-order valence-electron chi connectivity index (χ1n) is 9.22. The van der Waals surface area contributed by atoms with Crippen molar-refractivity contribution in [3.05, 3.63) is 66.1 Å². The fraction of sp³-hybridized carbons (Fsp3) is 0.300. The fourth-order valence-corrected chi connectivity index (χ4v) is 4.20. The molecule has 2 saturated heterocycles. The van der Waals surface area contributed by atoms with Crippen LogP contribution in [0.2, 0.25) is 0 Å². The average molecular weight is 377 g/mol. The Morgan fingerprint density at radius 3 is 2.86 bits per heavy atom. The second-order valence-electron chi connectivity index (χ2n) is 7.30. The van der Waals surface area contributed by atoms with Gasteiger partial charge >= 0.3 is 6.09 Å². The summed E-state index contributed by atoms with van der Waals surface area (Å²) in [6, 6.07) is 13.6. The van der Waals surface area contributed by atoms with Crippen LogP contribution in [0.15, 0.2) is 55.0 Å². The summed E-state index contributed by atoms with van der Waals surface area (Å²) in [7, 11) is 0. The van der Waals surface area contributed by atoms with Crippen molar-refractivity contribution in [1.82, 2.24) is 24.4 Å². The van der Waals surface area contributed by atoms with E-state index in [1.165, 1.54) is 0 Å². The molecule has 3 aromatic rings. The molecule has 2 amide bonds. The maximum absolute atomic E-state index is 13.3. The Morgan fingerprint density at radius 2 is 2.00 bits per heavy atom. The Bertz CT molecular complexity index is 1050. The van der Waals surface area contributed by atoms with Gasteiger partial charge in [0.05, 0.1) is 5.56 Å². The van der Waals surface area contributed by atoms with E-state index < -0.39 is 5.54 Å². The number of benzene rings is 1. The third-order valence-corrected chi connectivity index (χ3v) is 5.55. The van der Waals surface area contributed by atoms with Crippen LogP contribution >= 0.6 is 0 Å². The molecule has 8 heteroatoms. The Labute approximate surface area is 161 Å². The predicted octanol–water partition coefficient (Wildman–Crippen LogP) is 1.62. The molecule has 2 fully saturated rings. The first kappa shape index (κ1) is 16.7. The molecule has 2 aliphatic rings. The standard InChI is InChI=1S/C20H19N5O3/c26-18(16-7-4-8-24-14-21-22-17(16)24)23-9-10-25-19(27)28-13-20(25,12-23)11-15-5-2-1-3-6-15/h1-8,14H,9-13H2. The molecule has 4 heterocycles. The summed E-state index contributed by atoms with van der Waals surface area (Å²) < 4.78 is 7.12. The highest BCUT2D eigenvalue weighted by Gasteiger charge is 2.51. The van der Waals surface area contributed by atoms with Crippen molar-refractivity contribution < 1.29 is 14.3 Å². The topological polar surface area (TPSA) is 80.0 Å². The van der Waals surface area contributed by atoms with Gasteiger partial charge in [0, 0.05) is 32.3 Å². The maximum atomic E-state index is 13.3. The first-order valence-corrected chi connectivity index (χ1v) is 9.22. The summed E-state index contributed by atoms with van der Waals surface area (Å²) in [6.07, 6.45) is 3.72. The van der Waals surface area contributed by atoms with Crippen LogP contribution in [0.3, 0.4) is 0 Å². The molecule has 28 heavy (non-hydrogen) atoms. The Kier molecular flexibility index (Phi) is 3.78. The van der Waals surface area contributed by atoms with Crippen LogP contribution < -0.4 is 0 Å². The summed E-state index contributed by atoms with van der Waals surface area (Å²) in [6.45, 7) is 1.61. The number of carbonyl (C=O) groups excluding carboxylic acids is 2. The molecule has 0 aliphatic carbocycles. The maximum Gasteiger partial charge on any atom is 0.410 e. The van der Waals surface area contributed by atoms with Crippen molar-refractivity contribution in [3.63, 3.8) is 0 Å². The minimum atomic E-state index is -0.551. The van der Waals surface area contributed by atoms with Crippen molar-refractivity contribution in [1.29, 1.82) is 0 Å². The molecular formula is C20H19N5O3. The van der Waals surface area contributed by atoms with Gasteiger partial charge in [-0.3, -0.25) is 14.1 Å². The zero-order valence-electron chi connectivity index (χ0n) is 15.2. The number of cyclic esters (lactones) is 1. The molecule has 2 aromatic heterocycles. The quantitative estimate of drug-likeness (QED) is 0.693. The molecule has 1 unspecified atom stereocenters. The molecule has 0 radical (unpaired) electrons. The van der Waals surface area contributed by atoms with E-state index in [2.05, 4.69) is 10.2 Å². The highest BCUT2D eigenvalue weighted by atomic mass is 16.6. The van der Waals surface area contributed by atoms with Gasteiger partial charge in [-0.1, -0.05) is 30.3 Å². The zero-order chi connectivity index (χ0) is 19.1. The lowest BCUT2D eigenvalue weighted by molar-refractivity contribution is 0.0376. The van der Waals surface area contributed by atoms with E-state index in [4.69, 9.17) is 4.74 Å². The second kappa shape index (κ2) is 6.33. The van der Waals surface area contributed by atoms with E-state index in [9.17, 15) is 9.59 Å². The largest absolute Gasteiger partial charge is 0.447 e. The number of ether oxygens (including phenoxy) is 1. The van der Waals surface area contributed by atoms with Gasteiger partial charge in [-0.25, -0.2) is 4.79 Å². The monoisotopic (exact) mass is 377 g/mol. The molecule has 1 aromatic carbocycles. The summed E-state index contributed by atoms with van der Waals surface area (Å²) in [5, 5.41) is 7.97. The van der Waals surface area contributed by atoms with Gasteiger partial charge in [0.25, 0.3) is 5.91 Å². The number of hydrogen-bond donors (Lipinski definition) is 0. The minimum absolute atomic E-state index is 0.106. The predicted molar refractivity (Wildman–Crippen MR) is 99.8 cm³/mol. The zero-order valence-corrected chi connectivity index (χ0v) is 15.2. The number of amides is 2. The van der Waals surface area contributed by atoms with Gasteiger partial charge in [-0.2, -0.15) is 0 Å². The lowest BCUT2D eigenvalue weighted by Gasteiger charge is -2.44.